The van der Waals surface area contributed by atoms with Gasteiger partial charge in [-0.1, -0.05) is 0 Å². The van der Waals surface area contributed by atoms with Crippen LogP contribution in [0.2, 0.25) is 0 Å². The van der Waals surface area contributed by atoms with Gasteiger partial charge in [0.25, 0.3) is 0 Å². The fourth-order valence-electron chi connectivity index (χ4n) is 1.70. The molecule has 0 bridgehead atoms. The average Bonchev–Trinajstić information content (AvgIpc) is 2.87. The second-order valence-corrected chi connectivity index (χ2v) is 5.81. The Hall–Kier alpha value is -1.24. The summed E-state index contributed by atoms with van der Waals surface area (Å²) in [6, 6.07) is 3.86. The summed E-state index contributed by atoms with van der Waals surface area (Å²) < 4.78 is 2.83. The highest BCUT2D eigenvalue weighted by Crippen LogP contribution is 2.34. The third kappa shape index (κ3) is 1.69. The maximum Gasteiger partial charge on any atom is 0.129 e. The van der Waals surface area contributed by atoms with E-state index in [4.69, 9.17) is 0 Å². The van der Waals surface area contributed by atoms with Crippen LogP contribution in [0, 0.1) is 0 Å². The molecule has 0 aliphatic heterocycles. The van der Waals surface area contributed by atoms with Gasteiger partial charge in [-0.3, -0.25) is 9.38 Å². The number of halogens is 1. The fraction of sp³-hybridized carbons (Fsp3) is 0.0909. The van der Waals surface area contributed by atoms with Crippen LogP contribution in [0.25, 0.3) is 16.1 Å². The molecule has 0 aliphatic carbocycles. The monoisotopic (exact) mass is 309 g/mol. The van der Waals surface area contributed by atoms with Gasteiger partial charge in [0, 0.05) is 18.0 Å². The normalized spacial score (nSPS) is 11.2. The van der Waals surface area contributed by atoms with Gasteiger partial charge in [0.15, 0.2) is 0 Å². The lowest BCUT2D eigenvalue weighted by Gasteiger charge is -1.94. The topological polar surface area (TPSA) is 50.4 Å². The molecule has 3 aromatic rings. The number of fused-ring (bicyclic) bond motifs is 1. The van der Waals surface area contributed by atoms with Crippen LogP contribution in [0.3, 0.4) is 0 Å². The first-order chi connectivity index (χ1) is 8.31. The molecule has 0 radical (unpaired) electrons. The Balaban J connectivity index is 2.26. The molecule has 17 heavy (non-hydrogen) atoms. The van der Waals surface area contributed by atoms with E-state index in [0.29, 0.717) is 0 Å². The van der Waals surface area contributed by atoms with Gasteiger partial charge in [-0.25, -0.2) is 4.98 Å². The summed E-state index contributed by atoms with van der Waals surface area (Å²) in [5.74, 6) is 0. The standard InChI is InChI=1S/C11H8BrN3OS/c12-10-8(5-16)15-6-14-9(11(15)17-10)7-2-1-3-13-4-7/h1-4,6,16H,5H2. The number of aliphatic hydroxyl groups is 1. The number of aromatic nitrogens is 3. The van der Waals surface area contributed by atoms with Gasteiger partial charge in [0.1, 0.15) is 16.9 Å². The smallest absolute Gasteiger partial charge is 0.129 e. The zero-order chi connectivity index (χ0) is 11.8. The predicted octanol–water partition coefficient (Wildman–Crippen LogP) is 2.71. The van der Waals surface area contributed by atoms with E-state index >= 15 is 0 Å². The van der Waals surface area contributed by atoms with Crippen molar-refractivity contribution in [2.45, 2.75) is 6.61 Å². The molecule has 3 aromatic heterocycles. The van der Waals surface area contributed by atoms with Gasteiger partial charge in [-0.05, 0) is 28.1 Å². The maximum absolute atomic E-state index is 9.30. The van der Waals surface area contributed by atoms with E-state index in [-0.39, 0.29) is 6.61 Å². The molecule has 6 heteroatoms. The van der Waals surface area contributed by atoms with Crippen molar-refractivity contribution in [2.75, 3.05) is 0 Å². The molecule has 0 saturated carbocycles. The summed E-state index contributed by atoms with van der Waals surface area (Å²) in [4.78, 5) is 9.48. The van der Waals surface area contributed by atoms with Crippen LogP contribution in [-0.4, -0.2) is 19.5 Å². The molecular formula is C11H8BrN3OS. The summed E-state index contributed by atoms with van der Waals surface area (Å²) in [6.45, 7) is -0.0105. The van der Waals surface area contributed by atoms with Gasteiger partial charge in [-0.2, -0.15) is 0 Å². The molecule has 0 unspecified atom stereocenters. The lowest BCUT2D eigenvalue weighted by Crippen LogP contribution is -1.88. The Morgan fingerprint density at radius 1 is 1.47 bits per heavy atom. The summed E-state index contributed by atoms with van der Waals surface area (Å²) in [7, 11) is 0. The van der Waals surface area contributed by atoms with Crippen molar-refractivity contribution in [1.82, 2.24) is 14.4 Å². The number of nitrogens with zero attached hydrogens (tertiary/aromatic N) is 3. The SMILES string of the molecule is OCc1c(Br)sc2c(-c3cccnc3)ncn12. The zero-order valence-electron chi connectivity index (χ0n) is 8.67. The van der Waals surface area contributed by atoms with Crippen LogP contribution in [0.15, 0.2) is 34.6 Å². The summed E-state index contributed by atoms with van der Waals surface area (Å²) in [5, 5.41) is 9.30. The van der Waals surface area contributed by atoms with E-state index in [1.54, 1.807) is 30.1 Å². The first-order valence-corrected chi connectivity index (χ1v) is 6.57. The van der Waals surface area contributed by atoms with E-state index < -0.39 is 0 Å². The van der Waals surface area contributed by atoms with Gasteiger partial charge in [0.05, 0.1) is 16.1 Å². The van der Waals surface area contributed by atoms with Crippen LogP contribution in [0.1, 0.15) is 5.69 Å². The summed E-state index contributed by atoms with van der Waals surface area (Å²) in [6.07, 6.45) is 5.25. The van der Waals surface area contributed by atoms with E-state index in [1.807, 2.05) is 16.5 Å². The second-order valence-electron chi connectivity index (χ2n) is 3.49. The summed E-state index contributed by atoms with van der Waals surface area (Å²) in [5.41, 5.74) is 2.70. The molecular weight excluding hydrogens is 302 g/mol. The number of hydrogen-bond donors (Lipinski definition) is 1. The Morgan fingerprint density at radius 3 is 3.06 bits per heavy atom. The maximum atomic E-state index is 9.30. The van der Waals surface area contributed by atoms with Gasteiger partial charge in [0.2, 0.25) is 0 Å². The van der Waals surface area contributed by atoms with Crippen molar-refractivity contribution in [3.05, 3.63) is 40.3 Å². The first-order valence-electron chi connectivity index (χ1n) is 4.96. The fourth-order valence-corrected chi connectivity index (χ4v) is 3.45. The molecule has 0 saturated heterocycles. The van der Waals surface area contributed by atoms with E-state index in [1.165, 1.54) is 0 Å². The quantitative estimate of drug-likeness (QED) is 0.792. The molecule has 0 fully saturated rings. The minimum Gasteiger partial charge on any atom is -0.390 e. The number of rotatable bonds is 2. The molecule has 0 aromatic carbocycles. The minimum atomic E-state index is -0.0105. The number of imidazole rings is 1. The van der Waals surface area contributed by atoms with Crippen molar-refractivity contribution in [3.8, 4) is 11.3 Å². The molecule has 1 N–H and O–H groups in total. The average molecular weight is 310 g/mol. The third-order valence-corrected chi connectivity index (χ3v) is 4.45. The highest BCUT2D eigenvalue weighted by molar-refractivity contribution is 9.11. The van der Waals surface area contributed by atoms with Crippen molar-refractivity contribution in [2.24, 2.45) is 0 Å². The Labute approximate surface area is 110 Å². The molecule has 0 amide bonds. The van der Waals surface area contributed by atoms with Crippen molar-refractivity contribution >= 4 is 32.1 Å². The van der Waals surface area contributed by atoms with E-state index in [0.717, 1.165) is 25.6 Å². The highest BCUT2D eigenvalue weighted by Gasteiger charge is 2.15. The van der Waals surface area contributed by atoms with Gasteiger partial charge < -0.3 is 5.11 Å². The largest absolute Gasteiger partial charge is 0.390 e. The number of hydrogen-bond acceptors (Lipinski definition) is 4. The lowest BCUT2D eigenvalue weighted by atomic mass is 10.2. The van der Waals surface area contributed by atoms with Crippen LogP contribution in [0.4, 0.5) is 0 Å². The summed E-state index contributed by atoms with van der Waals surface area (Å²) >= 11 is 5.01. The number of thiazole rings is 1. The molecule has 0 atom stereocenters. The molecule has 3 rings (SSSR count). The molecule has 86 valence electrons. The predicted molar refractivity (Wildman–Crippen MR) is 69.9 cm³/mol. The second kappa shape index (κ2) is 4.21. The van der Waals surface area contributed by atoms with E-state index in [2.05, 4.69) is 25.9 Å². The van der Waals surface area contributed by atoms with Crippen LogP contribution >= 0.6 is 27.3 Å². The van der Waals surface area contributed by atoms with E-state index in [9.17, 15) is 5.11 Å². The van der Waals surface area contributed by atoms with Crippen LogP contribution in [-0.2, 0) is 6.61 Å². The van der Waals surface area contributed by atoms with Crippen molar-refractivity contribution in [1.29, 1.82) is 0 Å². The minimum absolute atomic E-state index is 0.0105. The molecule has 3 heterocycles. The Morgan fingerprint density at radius 2 is 2.35 bits per heavy atom. The Bertz CT molecular complexity index is 662. The molecule has 0 spiro atoms. The van der Waals surface area contributed by atoms with Gasteiger partial charge in [-0.15, -0.1) is 11.3 Å². The molecule has 4 nitrogen and oxygen atoms in total. The van der Waals surface area contributed by atoms with Crippen molar-refractivity contribution in [3.63, 3.8) is 0 Å². The van der Waals surface area contributed by atoms with Crippen LogP contribution < -0.4 is 0 Å². The number of aliphatic hydroxyl groups excluding tert-OH is 1. The third-order valence-electron chi connectivity index (χ3n) is 2.51. The molecule has 0 aliphatic rings. The number of pyridine rings is 1. The first kappa shape index (κ1) is 10.9. The van der Waals surface area contributed by atoms with Crippen molar-refractivity contribution < 1.29 is 5.11 Å². The highest BCUT2D eigenvalue weighted by atomic mass is 79.9. The van der Waals surface area contributed by atoms with Crippen LogP contribution in [0.5, 0.6) is 0 Å². The van der Waals surface area contributed by atoms with Gasteiger partial charge >= 0.3 is 0 Å². The Kier molecular flexibility index (Phi) is 2.70. The lowest BCUT2D eigenvalue weighted by molar-refractivity contribution is 0.275. The zero-order valence-corrected chi connectivity index (χ0v) is 11.1.